The van der Waals surface area contributed by atoms with Gasteiger partial charge in [0.25, 0.3) is 0 Å². The van der Waals surface area contributed by atoms with Crippen molar-refractivity contribution in [3.05, 3.63) is 55.0 Å². The zero-order chi connectivity index (χ0) is 16.8. The summed E-state index contributed by atoms with van der Waals surface area (Å²) in [6.45, 7) is 1.73. The molecule has 3 aromatic heterocycles. The summed E-state index contributed by atoms with van der Waals surface area (Å²) < 4.78 is 0. The predicted molar refractivity (Wildman–Crippen MR) is 95.5 cm³/mol. The van der Waals surface area contributed by atoms with Crippen LogP contribution in [-0.2, 0) is 0 Å². The molecule has 6 nitrogen and oxygen atoms in total. The number of nitrogens with zero attached hydrogens (tertiary/aromatic N) is 5. The summed E-state index contributed by atoms with van der Waals surface area (Å²) in [6.07, 6.45) is 5.25. The highest BCUT2D eigenvalue weighted by Crippen LogP contribution is 2.22. The van der Waals surface area contributed by atoms with Crippen LogP contribution in [-0.4, -0.2) is 52.0 Å². The molecule has 0 aliphatic carbocycles. The molecule has 6 heteroatoms. The zero-order valence-corrected chi connectivity index (χ0v) is 13.8. The van der Waals surface area contributed by atoms with Gasteiger partial charge in [-0.15, -0.1) is 0 Å². The SMILES string of the molecule is CN(C)CCNc1cc(-c2ccccn2)nc(-c2ccncc2)n1. The second kappa shape index (κ2) is 7.61. The number of pyridine rings is 2. The second-order valence-corrected chi connectivity index (χ2v) is 5.64. The molecule has 3 aromatic rings. The predicted octanol–water partition coefficient (Wildman–Crippen LogP) is 2.57. The molecule has 0 fully saturated rings. The molecule has 0 aliphatic heterocycles. The molecule has 0 aromatic carbocycles. The molecule has 0 atom stereocenters. The van der Waals surface area contributed by atoms with E-state index in [1.807, 2.05) is 50.5 Å². The molecule has 24 heavy (non-hydrogen) atoms. The minimum atomic E-state index is 0.660. The second-order valence-electron chi connectivity index (χ2n) is 5.64. The summed E-state index contributed by atoms with van der Waals surface area (Å²) in [5.41, 5.74) is 2.55. The Morgan fingerprint density at radius 2 is 1.79 bits per heavy atom. The lowest BCUT2D eigenvalue weighted by Gasteiger charge is -2.12. The van der Waals surface area contributed by atoms with Gasteiger partial charge in [-0.3, -0.25) is 9.97 Å². The summed E-state index contributed by atoms with van der Waals surface area (Å²) in [4.78, 5) is 19.9. The van der Waals surface area contributed by atoms with Crippen LogP contribution in [0.15, 0.2) is 55.0 Å². The van der Waals surface area contributed by atoms with Crippen molar-refractivity contribution in [2.24, 2.45) is 0 Å². The minimum absolute atomic E-state index is 0.660. The lowest BCUT2D eigenvalue weighted by molar-refractivity contribution is 0.425. The van der Waals surface area contributed by atoms with Crippen molar-refractivity contribution in [1.29, 1.82) is 0 Å². The number of nitrogens with one attached hydrogen (secondary N) is 1. The van der Waals surface area contributed by atoms with Crippen LogP contribution in [0.25, 0.3) is 22.8 Å². The molecule has 0 bridgehead atoms. The van der Waals surface area contributed by atoms with Crippen LogP contribution in [0.1, 0.15) is 0 Å². The first-order valence-corrected chi connectivity index (χ1v) is 7.82. The van der Waals surface area contributed by atoms with Crippen molar-refractivity contribution < 1.29 is 0 Å². The quantitative estimate of drug-likeness (QED) is 0.753. The number of hydrogen-bond acceptors (Lipinski definition) is 6. The fourth-order valence-corrected chi connectivity index (χ4v) is 2.22. The monoisotopic (exact) mass is 320 g/mol. The number of hydrogen-bond donors (Lipinski definition) is 1. The van der Waals surface area contributed by atoms with Gasteiger partial charge in [-0.1, -0.05) is 6.07 Å². The third kappa shape index (κ3) is 4.11. The normalized spacial score (nSPS) is 10.8. The Morgan fingerprint density at radius 3 is 2.50 bits per heavy atom. The first-order chi connectivity index (χ1) is 11.7. The molecule has 3 heterocycles. The maximum Gasteiger partial charge on any atom is 0.162 e. The smallest absolute Gasteiger partial charge is 0.162 e. The van der Waals surface area contributed by atoms with Gasteiger partial charge in [0, 0.05) is 43.3 Å². The van der Waals surface area contributed by atoms with Crippen LogP contribution in [0.2, 0.25) is 0 Å². The Balaban J connectivity index is 1.96. The van der Waals surface area contributed by atoms with Crippen molar-refractivity contribution in [3.8, 4) is 22.8 Å². The number of likely N-dealkylation sites (N-methyl/N-ethyl adjacent to an activating group) is 1. The molecule has 1 N–H and O–H groups in total. The Morgan fingerprint density at radius 1 is 0.958 bits per heavy atom. The molecule has 0 aliphatic rings. The van der Waals surface area contributed by atoms with E-state index < -0.39 is 0 Å². The Bertz CT molecular complexity index is 716. The van der Waals surface area contributed by atoms with Crippen molar-refractivity contribution in [3.63, 3.8) is 0 Å². The molecule has 3 rings (SSSR count). The largest absolute Gasteiger partial charge is 0.369 e. The van der Waals surface area contributed by atoms with Gasteiger partial charge in [-0.05, 0) is 38.4 Å². The van der Waals surface area contributed by atoms with E-state index in [0.29, 0.717) is 5.82 Å². The Hall–Kier alpha value is -2.86. The van der Waals surface area contributed by atoms with E-state index in [2.05, 4.69) is 30.2 Å². The standard InChI is InChI=1S/C18H20N6/c1-24(2)12-11-21-17-13-16(15-5-3-4-8-20-15)22-18(23-17)14-6-9-19-10-7-14/h3-10,13H,11-12H2,1-2H3,(H,21,22,23). The number of rotatable bonds is 6. The van der Waals surface area contributed by atoms with Crippen LogP contribution >= 0.6 is 0 Å². The summed E-state index contributed by atoms with van der Waals surface area (Å²) >= 11 is 0. The highest BCUT2D eigenvalue weighted by Gasteiger charge is 2.09. The van der Waals surface area contributed by atoms with Crippen molar-refractivity contribution in [2.45, 2.75) is 0 Å². The maximum atomic E-state index is 4.67. The van der Waals surface area contributed by atoms with E-state index in [1.165, 1.54) is 0 Å². The third-order valence-corrected chi connectivity index (χ3v) is 3.46. The van der Waals surface area contributed by atoms with E-state index in [4.69, 9.17) is 0 Å². The van der Waals surface area contributed by atoms with Crippen LogP contribution in [0.4, 0.5) is 5.82 Å². The lowest BCUT2D eigenvalue weighted by Crippen LogP contribution is -2.21. The van der Waals surface area contributed by atoms with Gasteiger partial charge in [0.05, 0.1) is 11.4 Å². The van der Waals surface area contributed by atoms with Crippen LogP contribution in [0, 0.1) is 0 Å². The fourth-order valence-electron chi connectivity index (χ4n) is 2.22. The van der Waals surface area contributed by atoms with Gasteiger partial charge in [0.1, 0.15) is 5.82 Å². The maximum absolute atomic E-state index is 4.67. The van der Waals surface area contributed by atoms with Crippen molar-refractivity contribution in [2.75, 3.05) is 32.5 Å². The number of anilines is 1. The average Bonchev–Trinajstić information content (AvgIpc) is 2.63. The highest BCUT2D eigenvalue weighted by molar-refractivity contribution is 5.65. The minimum Gasteiger partial charge on any atom is -0.369 e. The highest BCUT2D eigenvalue weighted by atomic mass is 15.1. The molecule has 0 radical (unpaired) electrons. The van der Waals surface area contributed by atoms with E-state index >= 15 is 0 Å². The van der Waals surface area contributed by atoms with Gasteiger partial charge in [-0.2, -0.15) is 0 Å². The van der Waals surface area contributed by atoms with E-state index in [0.717, 1.165) is 35.9 Å². The van der Waals surface area contributed by atoms with Gasteiger partial charge in [0.15, 0.2) is 5.82 Å². The lowest BCUT2D eigenvalue weighted by atomic mass is 10.2. The van der Waals surface area contributed by atoms with Gasteiger partial charge in [-0.25, -0.2) is 9.97 Å². The van der Waals surface area contributed by atoms with E-state index in [9.17, 15) is 0 Å². The molecule has 122 valence electrons. The zero-order valence-electron chi connectivity index (χ0n) is 13.8. The fraction of sp³-hybridized carbons (Fsp3) is 0.222. The van der Waals surface area contributed by atoms with Crippen molar-refractivity contribution in [1.82, 2.24) is 24.8 Å². The first-order valence-electron chi connectivity index (χ1n) is 7.82. The molecule has 0 spiro atoms. The number of aromatic nitrogens is 4. The first kappa shape index (κ1) is 16.0. The van der Waals surface area contributed by atoms with Gasteiger partial charge in [0.2, 0.25) is 0 Å². The van der Waals surface area contributed by atoms with Gasteiger partial charge >= 0.3 is 0 Å². The van der Waals surface area contributed by atoms with Gasteiger partial charge < -0.3 is 10.2 Å². The molecular weight excluding hydrogens is 300 g/mol. The van der Waals surface area contributed by atoms with Crippen LogP contribution in [0.5, 0.6) is 0 Å². The Kier molecular flexibility index (Phi) is 5.08. The summed E-state index contributed by atoms with van der Waals surface area (Å²) in [6, 6.07) is 11.5. The van der Waals surface area contributed by atoms with Crippen LogP contribution in [0.3, 0.4) is 0 Å². The topological polar surface area (TPSA) is 66.8 Å². The molecule has 0 unspecified atom stereocenters. The Labute approximate surface area is 141 Å². The molecule has 0 amide bonds. The van der Waals surface area contributed by atoms with Crippen LogP contribution < -0.4 is 5.32 Å². The summed E-state index contributed by atoms with van der Waals surface area (Å²) in [5.74, 6) is 1.45. The molecule has 0 saturated heterocycles. The molecular formula is C18H20N6. The average molecular weight is 320 g/mol. The summed E-state index contributed by atoms with van der Waals surface area (Å²) in [5, 5.41) is 3.36. The van der Waals surface area contributed by atoms with E-state index in [1.54, 1.807) is 18.6 Å². The molecule has 0 saturated carbocycles. The third-order valence-electron chi connectivity index (χ3n) is 3.46. The summed E-state index contributed by atoms with van der Waals surface area (Å²) in [7, 11) is 4.09. The van der Waals surface area contributed by atoms with Crippen molar-refractivity contribution >= 4 is 5.82 Å². The van der Waals surface area contributed by atoms with E-state index in [-0.39, 0.29) is 0 Å².